The Labute approximate surface area is 101 Å². The first-order valence-electron chi connectivity index (χ1n) is 4.19. The van der Waals surface area contributed by atoms with Crippen LogP contribution in [0.3, 0.4) is 0 Å². The summed E-state index contributed by atoms with van der Waals surface area (Å²) in [5.41, 5.74) is 6.25. The zero-order chi connectivity index (χ0) is 10.8. The molecule has 0 saturated heterocycles. The van der Waals surface area contributed by atoms with E-state index in [1.165, 1.54) is 11.3 Å². The average Bonchev–Trinajstić information content (AvgIpc) is 2.70. The second kappa shape index (κ2) is 4.45. The smallest absolute Gasteiger partial charge is 0.149 e. The molecule has 2 aromatic rings. The van der Waals surface area contributed by atoms with Crippen molar-refractivity contribution in [1.82, 2.24) is 10.2 Å². The van der Waals surface area contributed by atoms with E-state index in [-0.39, 0.29) is 0 Å². The summed E-state index contributed by atoms with van der Waals surface area (Å²) < 4.78 is 0. The average molecular weight is 260 g/mol. The Morgan fingerprint density at radius 1 is 1.27 bits per heavy atom. The van der Waals surface area contributed by atoms with Gasteiger partial charge in [0, 0.05) is 12.1 Å². The van der Waals surface area contributed by atoms with E-state index >= 15 is 0 Å². The van der Waals surface area contributed by atoms with Crippen LogP contribution in [-0.4, -0.2) is 10.2 Å². The van der Waals surface area contributed by atoms with Gasteiger partial charge in [-0.05, 0) is 6.07 Å². The van der Waals surface area contributed by atoms with E-state index in [1.54, 1.807) is 6.07 Å². The highest BCUT2D eigenvalue weighted by molar-refractivity contribution is 7.14. The number of hydrogen-bond donors (Lipinski definition) is 1. The maximum Gasteiger partial charge on any atom is 0.149 e. The Morgan fingerprint density at radius 3 is 2.73 bits per heavy atom. The van der Waals surface area contributed by atoms with E-state index in [9.17, 15) is 0 Å². The predicted octanol–water partition coefficient (Wildman–Crippen LogP) is 2.97. The highest BCUT2D eigenvalue weighted by Gasteiger charge is 2.11. The third kappa shape index (κ3) is 2.13. The zero-order valence-corrected chi connectivity index (χ0v) is 9.90. The Balaban J connectivity index is 2.49. The largest absolute Gasteiger partial charge is 0.324 e. The molecule has 15 heavy (non-hydrogen) atoms. The first-order chi connectivity index (χ1) is 7.22. The maximum absolute atomic E-state index is 6.06. The van der Waals surface area contributed by atoms with Crippen molar-refractivity contribution in [2.45, 2.75) is 6.54 Å². The molecule has 2 N–H and O–H groups in total. The monoisotopic (exact) mass is 259 g/mol. The van der Waals surface area contributed by atoms with Gasteiger partial charge in [-0.2, -0.15) is 0 Å². The summed E-state index contributed by atoms with van der Waals surface area (Å²) in [6.45, 7) is 0.385. The van der Waals surface area contributed by atoms with Crippen LogP contribution in [0, 0.1) is 0 Å². The Hall–Kier alpha value is -0.680. The summed E-state index contributed by atoms with van der Waals surface area (Å²) >= 11 is 13.4. The molecule has 0 bridgehead atoms. The van der Waals surface area contributed by atoms with E-state index in [1.807, 2.05) is 12.1 Å². The quantitative estimate of drug-likeness (QED) is 0.903. The summed E-state index contributed by atoms with van der Waals surface area (Å²) in [6, 6.07) is 5.42. The third-order valence-corrected chi connectivity index (χ3v) is 3.62. The molecule has 3 nitrogen and oxygen atoms in total. The molecule has 0 aliphatic heterocycles. The van der Waals surface area contributed by atoms with Crippen molar-refractivity contribution in [2.24, 2.45) is 5.73 Å². The number of halogens is 2. The fourth-order valence-corrected chi connectivity index (χ4v) is 2.31. The Bertz CT molecular complexity index is 484. The lowest BCUT2D eigenvalue weighted by Crippen LogP contribution is -1.94. The Kier molecular flexibility index (Phi) is 3.21. The van der Waals surface area contributed by atoms with Crippen molar-refractivity contribution >= 4 is 34.5 Å². The summed E-state index contributed by atoms with van der Waals surface area (Å²) in [6.07, 6.45) is 0. The van der Waals surface area contributed by atoms with Crippen molar-refractivity contribution in [2.75, 3.05) is 0 Å². The number of nitrogens with two attached hydrogens (primary N) is 1. The van der Waals surface area contributed by atoms with Crippen molar-refractivity contribution in [1.29, 1.82) is 0 Å². The summed E-state index contributed by atoms with van der Waals surface area (Å²) in [7, 11) is 0. The van der Waals surface area contributed by atoms with Crippen LogP contribution in [-0.2, 0) is 6.54 Å². The van der Waals surface area contributed by atoms with Gasteiger partial charge in [-0.3, -0.25) is 0 Å². The van der Waals surface area contributed by atoms with Gasteiger partial charge in [-0.15, -0.1) is 10.2 Å². The first kappa shape index (κ1) is 10.8. The minimum Gasteiger partial charge on any atom is -0.324 e. The standard InChI is InChI=1S/C9H7Cl2N3S/c10-6-3-1-2-5(8(6)11)9-14-13-7(4-12)15-9/h1-3H,4,12H2. The number of aromatic nitrogens is 2. The van der Waals surface area contributed by atoms with Crippen LogP contribution >= 0.6 is 34.5 Å². The molecule has 78 valence electrons. The van der Waals surface area contributed by atoms with Crippen LogP contribution in [0.15, 0.2) is 18.2 Å². The molecule has 1 heterocycles. The molecule has 1 aromatic carbocycles. The SMILES string of the molecule is NCc1nnc(-c2cccc(Cl)c2Cl)s1. The normalized spacial score (nSPS) is 10.6. The molecule has 0 aliphatic carbocycles. The van der Waals surface area contributed by atoms with Crippen LogP contribution in [0.2, 0.25) is 10.0 Å². The van der Waals surface area contributed by atoms with Crippen molar-refractivity contribution < 1.29 is 0 Å². The molecule has 6 heteroatoms. The molecule has 1 aromatic heterocycles. The minimum absolute atomic E-state index is 0.385. The van der Waals surface area contributed by atoms with Crippen molar-refractivity contribution in [3.05, 3.63) is 33.3 Å². The molecule has 0 saturated carbocycles. The van der Waals surface area contributed by atoms with Gasteiger partial charge in [0.25, 0.3) is 0 Å². The maximum atomic E-state index is 6.06. The zero-order valence-electron chi connectivity index (χ0n) is 7.58. The van der Waals surface area contributed by atoms with Gasteiger partial charge in [0.2, 0.25) is 0 Å². The lowest BCUT2D eigenvalue weighted by atomic mass is 10.2. The fourth-order valence-electron chi connectivity index (χ4n) is 1.11. The molecule has 0 fully saturated rings. The summed E-state index contributed by atoms with van der Waals surface area (Å²) in [4.78, 5) is 0. The van der Waals surface area contributed by atoms with Gasteiger partial charge in [0.05, 0.1) is 10.0 Å². The van der Waals surface area contributed by atoms with Gasteiger partial charge in [0.15, 0.2) is 0 Å². The highest BCUT2D eigenvalue weighted by Crippen LogP contribution is 2.34. The third-order valence-electron chi connectivity index (χ3n) is 1.82. The Morgan fingerprint density at radius 2 is 2.07 bits per heavy atom. The molecule has 0 unspecified atom stereocenters. The van der Waals surface area contributed by atoms with Gasteiger partial charge < -0.3 is 5.73 Å². The van der Waals surface area contributed by atoms with Crippen LogP contribution in [0.4, 0.5) is 0 Å². The van der Waals surface area contributed by atoms with E-state index < -0.39 is 0 Å². The molecule has 0 amide bonds. The van der Waals surface area contributed by atoms with Gasteiger partial charge in [-0.25, -0.2) is 0 Å². The van der Waals surface area contributed by atoms with E-state index in [2.05, 4.69) is 10.2 Å². The number of rotatable bonds is 2. The number of hydrogen-bond acceptors (Lipinski definition) is 4. The van der Waals surface area contributed by atoms with Crippen LogP contribution in [0.5, 0.6) is 0 Å². The van der Waals surface area contributed by atoms with Crippen LogP contribution < -0.4 is 5.73 Å². The topological polar surface area (TPSA) is 51.8 Å². The molecule has 2 rings (SSSR count). The molecule has 0 atom stereocenters. The lowest BCUT2D eigenvalue weighted by molar-refractivity contribution is 0.960. The van der Waals surface area contributed by atoms with Gasteiger partial charge >= 0.3 is 0 Å². The molecule has 0 spiro atoms. The van der Waals surface area contributed by atoms with E-state index in [0.717, 1.165) is 15.6 Å². The highest BCUT2D eigenvalue weighted by atomic mass is 35.5. The summed E-state index contributed by atoms with van der Waals surface area (Å²) in [5.74, 6) is 0. The second-order valence-electron chi connectivity index (χ2n) is 2.81. The van der Waals surface area contributed by atoms with Gasteiger partial charge in [-0.1, -0.05) is 46.7 Å². The van der Waals surface area contributed by atoms with Gasteiger partial charge in [0.1, 0.15) is 10.0 Å². The van der Waals surface area contributed by atoms with E-state index in [0.29, 0.717) is 16.6 Å². The molecular weight excluding hydrogens is 253 g/mol. The first-order valence-corrected chi connectivity index (χ1v) is 5.76. The van der Waals surface area contributed by atoms with Crippen molar-refractivity contribution in [3.8, 4) is 10.6 Å². The molecule has 0 aliphatic rings. The van der Waals surface area contributed by atoms with Crippen LogP contribution in [0.1, 0.15) is 5.01 Å². The summed E-state index contributed by atoms with van der Waals surface area (Å²) in [5, 5.41) is 10.5. The predicted molar refractivity (Wildman–Crippen MR) is 63.3 cm³/mol. The van der Waals surface area contributed by atoms with Crippen molar-refractivity contribution in [3.63, 3.8) is 0 Å². The lowest BCUT2D eigenvalue weighted by Gasteiger charge is -2.00. The molecular formula is C9H7Cl2N3S. The number of nitrogens with zero attached hydrogens (tertiary/aromatic N) is 2. The molecule has 0 radical (unpaired) electrons. The number of benzene rings is 1. The minimum atomic E-state index is 0.385. The van der Waals surface area contributed by atoms with Crippen LogP contribution in [0.25, 0.3) is 10.6 Å². The fraction of sp³-hybridized carbons (Fsp3) is 0.111. The van der Waals surface area contributed by atoms with E-state index in [4.69, 9.17) is 28.9 Å². The second-order valence-corrected chi connectivity index (χ2v) is 4.65.